The molecule has 2 rings (SSSR count). The minimum Gasteiger partial charge on any atom is -0.322 e. The highest BCUT2D eigenvalue weighted by atomic mass is 19.1. The minimum atomic E-state index is -0.621. The number of nitrogens with one attached hydrogen (secondary N) is 1. The van der Waals surface area contributed by atoms with E-state index in [0.29, 0.717) is 0 Å². The number of rotatable bonds is 3. The Hall–Kier alpha value is -3.00. The lowest BCUT2D eigenvalue weighted by molar-refractivity contribution is 0.0985. The molecule has 0 aliphatic carbocycles. The topological polar surface area (TPSA) is 70.0 Å². The van der Waals surface area contributed by atoms with Crippen LogP contribution < -0.4 is 5.32 Å². The molecule has 0 bridgehead atoms. The summed E-state index contributed by atoms with van der Waals surface area (Å²) >= 11 is 0. The molecular weight excluding hydrogens is 271 g/mol. The molecule has 0 spiro atoms. The van der Waals surface area contributed by atoms with Crippen molar-refractivity contribution in [1.29, 1.82) is 5.26 Å². The molecule has 0 unspecified atom stereocenters. The number of carbonyl (C=O) groups excluding carboxylic acids is 2. The second-order valence-corrected chi connectivity index (χ2v) is 4.40. The smallest absolute Gasteiger partial charge is 0.256 e. The molecule has 1 N–H and O–H groups in total. The van der Waals surface area contributed by atoms with E-state index in [1.165, 1.54) is 19.1 Å². The molecule has 0 aromatic heterocycles. The van der Waals surface area contributed by atoms with Gasteiger partial charge in [0, 0.05) is 11.3 Å². The number of ketones is 1. The van der Waals surface area contributed by atoms with Crippen molar-refractivity contribution in [1.82, 2.24) is 0 Å². The second-order valence-electron chi connectivity index (χ2n) is 4.40. The van der Waals surface area contributed by atoms with Gasteiger partial charge in [0.1, 0.15) is 5.82 Å². The summed E-state index contributed by atoms with van der Waals surface area (Å²) in [5.41, 5.74) is 0.750. The van der Waals surface area contributed by atoms with Gasteiger partial charge in [0.05, 0.1) is 17.2 Å². The number of hydrogen-bond donors (Lipinski definition) is 1. The second kappa shape index (κ2) is 5.97. The van der Waals surface area contributed by atoms with Crippen LogP contribution in [-0.4, -0.2) is 11.7 Å². The third-order valence-electron chi connectivity index (χ3n) is 2.84. The number of halogens is 1. The number of hydrogen-bond acceptors (Lipinski definition) is 3. The van der Waals surface area contributed by atoms with Gasteiger partial charge in [-0.2, -0.15) is 5.26 Å². The summed E-state index contributed by atoms with van der Waals surface area (Å²) in [6, 6.07) is 11.7. The number of benzene rings is 2. The molecule has 1 amide bonds. The molecule has 5 heteroatoms. The Morgan fingerprint density at radius 2 is 1.81 bits per heavy atom. The molecule has 2 aromatic rings. The van der Waals surface area contributed by atoms with Crippen molar-refractivity contribution in [2.45, 2.75) is 6.92 Å². The molecule has 0 saturated heterocycles. The average Bonchev–Trinajstić information content (AvgIpc) is 2.46. The fourth-order valence-corrected chi connectivity index (χ4v) is 1.91. The lowest BCUT2D eigenvalue weighted by Crippen LogP contribution is -2.15. The van der Waals surface area contributed by atoms with Crippen molar-refractivity contribution in [3.8, 4) is 6.07 Å². The molecule has 0 radical (unpaired) electrons. The summed E-state index contributed by atoms with van der Waals surface area (Å²) in [5.74, 6) is -1.39. The summed E-state index contributed by atoms with van der Waals surface area (Å²) in [5, 5.41) is 11.3. The van der Waals surface area contributed by atoms with Crippen molar-refractivity contribution in [2.24, 2.45) is 0 Å². The fourth-order valence-electron chi connectivity index (χ4n) is 1.91. The summed E-state index contributed by atoms with van der Waals surface area (Å²) < 4.78 is 13.3. The van der Waals surface area contributed by atoms with E-state index in [1.807, 2.05) is 0 Å². The van der Waals surface area contributed by atoms with Crippen molar-refractivity contribution >= 4 is 17.4 Å². The van der Waals surface area contributed by atoms with Crippen LogP contribution in [0.15, 0.2) is 42.5 Å². The maximum Gasteiger partial charge on any atom is 0.256 e. The van der Waals surface area contributed by atoms with Gasteiger partial charge in [-0.25, -0.2) is 4.39 Å². The summed E-state index contributed by atoms with van der Waals surface area (Å²) in [4.78, 5) is 23.7. The van der Waals surface area contributed by atoms with E-state index in [4.69, 9.17) is 5.26 Å². The lowest BCUT2D eigenvalue weighted by atomic mass is 10.0. The SMILES string of the molecule is CC(=O)c1ccccc1C(=O)Nc1cc(F)cc(C#N)c1. The standard InChI is InChI=1S/C16H11FN2O2/c1-10(20)14-4-2-3-5-15(14)16(21)19-13-7-11(9-18)6-12(17)8-13/h2-8H,1H3,(H,19,21). The van der Waals surface area contributed by atoms with E-state index in [2.05, 4.69) is 5.32 Å². The number of nitriles is 1. The highest BCUT2D eigenvalue weighted by molar-refractivity contribution is 6.12. The first-order chi connectivity index (χ1) is 10.0. The first-order valence-electron chi connectivity index (χ1n) is 6.13. The zero-order chi connectivity index (χ0) is 15.4. The molecule has 0 heterocycles. The van der Waals surface area contributed by atoms with Gasteiger partial charge < -0.3 is 5.32 Å². The van der Waals surface area contributed by atoms with E-state index in [-0.39, 0.29) is 28.2 Å². The van der Waals surface area contributed by atoms with Gasteiger partial charge in [0.2, 0.25) is 0 Å². The molecule has 0 aliphatic heterocycles. The molecule has 0 aliphatic rings. The van der Waals surface area contributed by atoms with Crippen LogP contribution in [0.2, 0.25) is 0 Å². The Morgan fingerprint density at radius 3 is 2.43 bits per heavy atom. The summed E-state index contributed by atoms with van der Waals surface area (Å²) in [6.45, 7) is 1.36. The first kappa shape index (κ1) is 14.4. The van der Waals surface area contributed by atoms with Gasteiger partial charge in [-0.1, -0.05) is 18.2 Å². The van der Waals surface area contributed by atoms with Crippen molar-refractivity contribution in [3.05, 3.63) is 65.0 Å². The molecule has 0 saturated carbocycles. The number of amides is 1. The van der Waals surface area contributed by atoms with Crippen LogP contribution in [0.3, 0.4) is 0 Å². The summed E-state index contributed by atoms with van der Waals surface area (Å²) in [7, 11) is 0. The van der Waals surface area contributed by atoms with Crippen LogP contribution in [-0.2, 0) is 0 Å². The quantitative estimate of drug-likeness (QED) is 0.879. The molecule has 21 heavy (non-hydrogen) atoms. The van der Waals surface area contributed by atoms with Gasteiger partial charge in [0.25, 0.3) is 5.91 Å². The maximum absolute atomic E-state index is 13.3. The molecule has 0 fully saturated rings. The molecule has 2 aromatic carbocycles. The molecule has 0 atom stereocenters. The van der Waals surface area contributed by atoms with E-state index in [9.17, 15) is 14.0 Å². The average molecular weight is 282 g/mol. The Morgan fingerprint density at radius 1 is 1.14 bits per heavy atom. The third kappa shape index (κ3) is 3.31. The Kier molecular flexibility index (Phi) is 4.10. The highest BCUT2D eigenvalue weighted by Gasteiger charge is 2.14. The van der Waals surface area contributed by atoms with Crippen LogP contribution in [0, 0.1) is 17.1 Å². The van der Waals surface area contributed by atoms with Crippen LogP contribution in [0.1, 0.15) is 33.2 Å². The van der Waals surface area contributed by atoms with Crippen molar-refractivity contribution in [2.75, 3.05) is 5.32 Å². The molecular formula is C16H11FN2O2. The normalized spacial score (nSPS) is 9.76. The number of carbonyl (C=O) groups is 2. The van der Waals surface area contributed by atoms with Gasteiger partial charge in [0.15, 0.2) is 5.78 Å². The van der Waals surface area contributed by atoms with Gasteiger partial charge in [-0.15, -0.1) is 0 Å². The van der Waals surface area contributed by atoms with E-state index in [0.717, 1.165) is 12.1 Å². The Bertz CT molecular complexity index is 763. The van der Waals surface area contributed by atoms with Crippen LogP contribution in [0.25, 0.3) is 0 Å². The van der Waals surface area contributed by atoms with Crippen LogP contribution >= 0.6 is 0 Å². The zero-order valence-electron chi connectivity index (χ0n) is 11.2. The number of nitrogens with zero attached hydrogens (tertiary/aromatic N) is 1. The van der Waals surface area contributed by atoms with E-state index in [1.54, 1.807) is 24.3 Å². The monoisotopic (exact) mass is 282 g/mol. The Balaban J connectivity index is 2.33. The maximum atomic E-state index is 13.3. The highest BCUT2D eigenvalue weighted by Crippen LogP contribution is 2.16. The lowest BCUT2D eigenvalue weighted by Gasteiger charge is -2.08. The predicted molar refractivity (Wildman–Crippen MR) is 75.5 cm³/mol. The summed E-state index contributed by atoms with van der Waals surface area (Å²) in [6.07, 6.45) is 0. The van der Waals surface area contributed by atoms with Crippen LogP contribution in [0.5, 0.6) is 0 Å². The van der Waals surface area contributed by atoms with Gasteiger partial charge in [-0.3, -0.25) is 9.59 Å². The van der Waals surface area contributed by atoms with Gasteiger partial charge in [-0.05, 0) is 31.2 Å². The minimum absolute atomic E-state index is 0.102. The largest absolute Gasteiger partial charge is 0.322 e. The number of Topliss-reactive ketones (excluding diaryl/α,β-unsaturated/α-hetero) is 1. The van der Waals surface area contributed by atoms with Crippen LogP contribution in [0.4, 0.5) is 10.1 Å². The van der Waals surface area contributed by atoms with Gasteiger partial charge >= 0.3 is 0 Å². The molecule has 4 nitrogen and oxygen atoms in total. The van der Waals surface area contributed by atoms with Crippen molar-refractivity contribution < 1.29 is 14.0 Å². The predicted octanol–water partition coefficient (Wildman–Crippen LogP) is 3.15. The number of anilines is 1. The first-order valence-corrected chi connectivity index (χ1v) is 6.13. The van der Waals surface area contributed by atoms with E-state index >= 15 is 0 Å². The fraction of sp³-hybridized carbons (Fsp3) is 0.0625. The Labute approximate surface area is 120 Å². The van der Waals surface area contributed by atoms with E-state index < -0.39 is 11.7 Å². The van der Waals surface area contributed by atoms with Crippen molar-refractivity contribution in [3.63, 3.8) is 0 Å². The molecule has 104 valence electrons. The zero-order valence-corrected chi connectivity index (χ0v) is 11.2. The third-order valence-corrected chi connectivity index (χ3v) is 2.84.